The third kappa shape index (κ3) is 3.12. The summed E-state index contributed by atoms with van der Waals surface area (Å²) in [5.41, 5.74) is 0. The van der Waals surface area contributed by atoms with E-state index >= 15 is 0 Å². The maximum absolute atomic E-state index is 12.4. The number of nitrogens with one attached hydrogen (secondary N) is 1. The first kappa shape index (κ1) is 14.0. The van der Waals surface area contributed by atoms with Gasteiger partial charge in [0.1, 0.15) is 4.21 Å². The number of sulfonamides is 1. The van der Waals surface area contributed by atoms with Crippen LogP contribution < -0.4 is 5.32 Å². The van der Waals surface area contributed by atoms with E-state index in [0.717, 1.165) is 25.9 Å². The number of hydrogen-bond donors (Lipinski definition) is 1. The summed E-state index contributed by atoms with van der Waals surface area (Å²) in [7, 11) is -3.28. The second-order valence-corrected chi connectivity index (χ2v) is 7.69. The van der Waals surface area contributed by atoms with Crippen molar-refractivity contribution >= 4 is 21.4 Å². The van der Waals surface area contributed by atoms with E-state index in [9.17, 15) is 8.42 Å². The molecule has 0 aromatic carbocycles. The average Bonchev–Trinajstić information content (AvgIpc) is 2.91. The van der Waals surface area contributed by atoms with E-state index in [2.05, 4.69) is 5.32 Å². The predicted molar refractivity (Wildman–Crippen MR) is 74.3 cm³/mol. The molecule has 2 rings (SSSR count). The summed E-state index contributed by atoms with van der Waals surface area (Å²) in [4.78, 5) is 0. The number of hydrogen-bond acceptors (Lipinski definition) is 4. The molecule has 2 heterocycles. The van der Waals surface area contributed by atoms with Crippen molar-refractivity contribution in [2.75, 3.05) is 26.2 Å². The average molecular weight is 288 g/mol. The Hall–Kier alpha value is -0.430. The van der Waals surface area contributed by atoms with Crippen molar-refractivity contribution in [3.63, 3.8) is 0 Å². The van der Waals surface area contributed by atoms with Gasteiger partial charge in [0.05, 0.1) is 0 Å². The van der Waals surface area contributed by atoms with Crippen LogP contribution in [0.5, 0.6) is 0 Å². The predicted octanol–water partition coefficient (Wildman–Crippen LogP) is 1.76. The fourth-order valence-electron chi connectivity index (χ4n) is 2.29. The smallest absolute Gasteiger partial charge is 0.252 e. The van der Waals surface area contributed by atoms with Gasteiger partial charge in [-0.2, -0.15) is 4.31 Å². The van der Waals surface area contributed by atoms with Crippen molar-refractivity contribution in [3.05, 3.63) is 17.5 Å². The minimum absolute atomic E-state index is 0.457. The molecule has 0 aliphatic carbocycles. The first-order chi connectivity index (χ1) is 8.64. The molecule has 0 saturated carbocycles. The van der Waals surface area contributed by atoms with Crippen molar-refractivity contribution in [1.29, 1.82) is 0 Å². The molecule has 102 valence electrons. The number of piperidine rings is 1. The van der Waals surface area contributed by atoms with Crippen LogP contribution in [-0.4, -0.2) is 38.9 Å². The third-order valence-electron chi connectivity index (χ3n) is 3.36. The van der Waals surface area contributed by atoms with Gasteiger partial charge in [-0.25, -0.2) is 8.42 Å². The lowest BCUT2D eigenvalue weighted by molar-refractivity contribution is 0.294. The van der Waals surface area contributed by atoms with Gasteiger partial charge in [0.25, 0.3) is 10.0 Å². The minimum atomic E-state index is -3.28. The van der Waals surface area contributed by atoms with Crippen molar-refractivity contribution in [3.8, 4) is 0 Å². The van der Waals surface area contributed by atoms with E-state index in [0.29, 0.717) is 23.2 Å². The standard InChI is InChI=1S/C12H20N2O2S2/c1-2-14(10-11-5-7-13-8-6-11)18(15,16)12-4-3-9-17-12/h3-4,9,11,13H,2,5-8,10H2,1H3. The highest BCUT2D eigenvalue weighted by Gasteiger charge is 2.27. The summed E-state index contributed by atoms with van der Waals surface area (Å²) in [5.74, 6) is 0.487. The van der Waals surface area contributed by atoms with E-state index < -0.39 is 10.0 Å². The number of nitrogens with zero attached hydrogens (tertiary/aromatic N) is 1. The molecule has 0 amide bonds. The zero-order valence-electron chi connectivity index (χ0n) is 10.6. The Morgan fingerprint density at radius 3 is 2.72 bits per heavy atom. The lowest BCUT2D eigenvalue weighted by atomic mass is 9.98. The number of rotatable bonds is 5. The Kier molecular flexibility index (Phi) is 4.77. The Morgan fingerprint density at radius 1 is 1.44 bits per heavy atom. The van der Waals surface area contributed by atoms with Crippen molar-refractivity contribution in [2.24, 2.45) is 5.92 Å². The minimum Gasteiger partial charge on any atom is -0.317 e. The molecule has 1 N–H and O–H groups in total. The first-order valence-corrected chi connectivity index (χ1v) is 8.71. The maximum atomic E-state index is 12.4. The van der Waals surface area contributed by atoms with Gasteiger partial charge in [-0.1, -0.05) is 13.0 Å². The number of thiophene rings is 1. The molecule has 1 aromatic heterocycles. The van der Waals surface area contributed by atoms with Gasteiger partial charge in [0.2, 0.25) is 0 Å². The molecule has 1 aliphatic rings. The zero-order chi connectivity index (χ0) is 13.0. The molecule has 6 heteroatoms. The first-order valence-electron chi connectivity index (χ1n) is 6.39. The summed E-state index contributed by atoms with van der Waals surface area (Å²) in [6.45, 7) is 5.11. The monoisotopic (exact) mass is 288 g/mol. The van der Waals surface area contributed by atoms with Gasteiger partial charge in [-0.15, -0.1) is 11.3 Å². The van der Waals surface area contributed by atoms with Crippen LogP contribution in [0.4, 0.5) is 0 Å². The topological polar surface area (TPSA) is 49.4 Å². The fraction of sp³-hybridized carbons (Fsp3) is 0.667. The second-order valence-electron chi connectivity index (χ2n) is 4.58. The van der Waals surface area contributed by atoms with Crippen LogP contribution >= 0.6 is 11.3 Å². The van der Waals surface area contributed by atoms with Crippen LogP contribution in [0.1, 0.15) is 19.8 Å². The Morgan fingerprint density at radius 2 is 2.17 bits per heavy atom. The van der Waals surface area contributed by atoms with Crippen LogP contribution in [0.3, 0.4) is 0 Å². The molecule has 1 aromatic rings. The lowest BCUT2D eigenvalue weighted by Gasteiger charge is -2.28. The highest BCUT2D eigenvalue weighted by atomic mass is 32.2. The van der Waals surface area contributed by atoms with Gasteiger partial charge in [-0.05, 0) is 43.3 Å². The molecule has 0 radical (unpaired) electrons. The quantitative estimate of drug-likeness (QED) is 0.898. The molecular weight excluding hydrogens is 268 g/mol. The van der Waals surface area contributed by atoms with Crippen LogP contribution in [0, 0.1) is 5.92 Å². The second kappa shape index (κ2) is 6.14. The normalized spacial score (nSPS) is 18.3. The SMILES string of the molecule is CCN(CC1CCNCC1)S(=O)(=O)c1cccs1. The summed E-state index contributed by atoms with van der Waals surface area (Å²) in [6, 6.07) is 3.47. The van der Waals surface area contributed by atoms with Gasteiger partial charge < -0.3 is 5.32 Å². The summed E-state index contributed by atoms with van der Waals surface area (Å²) >= 11 is 1.29. The van der Waals surface area contributed by atoms with Crippen LogP contribution in [-0.2, 0) is 10.0 Å². The molecule has 0 spiro atoms. The van der Waals surface area contributed by atoms with Crippen molar-refractivity contribution in [2.45, 2.75) is 24.0 Å². The van der Waals surface area contributed by atoms with Crippen molar-refractivity contribution in [1.82, 2.24) is 9.62 Å². The Balaban J connectivity index is 2.08. The van der Waals surface area contributed by atoms with E-state index in [1.807, 2.05) is 12.3 Å². The molecule has 18 heavy (non-hydrogen) atoms. The fourth-order valence-corrected chi connectivity index (χ4v) is 4.96. The highest BCUT2D eigenvalue weighted by molar-refractivity contribution is 7.91. The van der Waals surface area contributed by atoms with Crippen LogP contribution in [0.25, 0.3) is 0 Å². The Labute approximate surface area is 113 Å². The maximum Gasteiger partial charge on any atom is 0.252 e. The van der Waals surface area contributed by atoms with Crippen LogP contribution in [0.15, 0.2) is 21.7 Å². The Bertz CT molecular complexity index is 450. The largest absolute Gasteiger partial charge is 0.317 e. The van der Waals surface area contributed by atoms with E-state index in [1.54, 1.807) is 16.4 Å². The molecule has 4 nitrogen and oxygen atoms in total. The lowest BCUT2D eigenvalue weighted by Crippen LogP contribution is -2.39. The molecule has 0 bridgehead atoms. The zero-order valence-corrected chi connectivity index (χ0v) is 12.3. The molecule has 1 saturated heterocycles. The molecule has 0 unspecified atom stereocenters. The molecule has 0 atom stereocenters. The molecule has 1 fully saturated rings. The summed E-state index contributed by atoms with van der Waals surface area (Å²) in [5, 5.41) is 5.12. The van der Waals surface area contributed by atoms with Gasteiger partial charge in [0.15, 0.2) is 0 Å². The van der Waals surface area contributed by atoms with Gasteiger partial charge >= 0.3 is 0 Å². The van der Waals surface area contributed by atoms with Crippen molar-refractivity contribution < 1.29 is 8.42 Å². The highest BCUT2D eigenvalue weighted by Crippen LogP contribution is 2.23. The summed E-state index contributed by atoms with van der Waals surface area (Å²) in [6.07, 6.45) is 2.13. The third-order valence-corrected chi connectivity index (χ3v) is 6.68. The summed E-state index contributed by atoms with van der Waals surface area (Å²) < 4.78 is 26.9. The van der Waals surface area contributed by atoms with Gasteiger partial charge in [-0.3, -0.25) is 0 Å². The van der Waals surface area contributed by atoms with E-state index in [1.165, 1.54) is 11.3 Å². The van der Waals surface area contributed by atoms with E-state index in [4.69, 9.17) is 0 Å². The molecule has 1 aliphatic heterocycles. The molecular formula is C12H20N2O2S2. The van der Waals surface area contributed by atoms with Crippen LogP contribution in [0.2, 0.25) is 0 Å². The van der Waals surface area contributed by atoms with E-state index in [-0.39, 0.29) is 0 Å². The van der Waals surface area contributed by atoms with Gasteiger partial charge in [0, 0.05) is 13.1 Å².